The maximum absolute atomic E-state index is 13.1. The number of aryl methyl sites for hydroxylation is 1. The predicted octanol–water partition coefficient (Wildman–Crippen LogP) is 3.36. The molecule has 5 heteroatoms. The number of nitrogens with zero attached hydrogens (tertiary/aromatic N) is 4. The number of fused-ring (bicyclic) bond motifs is 1. The van der Waals surface area contributed by atoms with E-state index in [0.29, 0.717) is 6.54 Å². The van der Waals surface area contributed by atoms with E-state index in [1.165, 1.54) is 0 Å². The topological polar surface area (TPSA) is 51.0 Å². The van der Waals surface area contributed by atoms with Gasteiger partial charge in [0.05, 0.1) is 22.8 Å². The summed E-state index contributed by atoms with van der Waals surface area (Å²) in [7, 11) is 0. The predicted molar refractivity (Wildman–Crippen MR) is 97.0 cm³/mol. The third-order valence-electron chi connectivity index (χ3n) is 4.95. The smallest absolute Gasteiger partial charge is 0.243 e. The first-order valence-electron chi connectivity index (χ1n) is 8.92. The molecule has 1 aliphatic rings. The SMILES string of the molecule is CCc1nc2ccccc2n1CC(=O)N1CCCC1c1ccccn1. The largest absolute Gasteiger partial charge is 0.333 e. The van der Waals surface area contributed by atoms with Crippen LogP contribution in [0.3, 0.4) is 0 Å². The number of likely N-dealkylation sites (tertiary alicyclic amines) is 1. The molecule has 1 saturated heterocycles. The summed E-state index contributed by atoms with van der Waals surface area (Å²) in [6.07, 6.45) is 4.62. The van der Waals surface area contributed by atoms with Crippen LogP contribution < -0.4 is 0 Å². The molecule has 3 heterocycles. The van der Waals surface area contributed by atoms with Crippen molar-refractivity contribution in [2.75, 3.05) is 6.54 Å². The summed E-state index contributed by atoms with van der Waals surface area (Å²) in [4.78, 5) is 24.2. The average molecular weight is 334 g/mol. The number of amides is 1. The molecule has 1 aliphatic heterocycles. The van der Waals surface area contributed by atoms with Crippen LogP contribution >= 0.6 is 0 Å². The molecule has 0 spiro atoms. The molecule has 128 valence electrons. The minimum Gasteiger partial charge on any atom is -0.333 e. The number of hydrogen-bond donors (Lipinski definition) is 0. The van der Waals surface area contributed by atoms with Crippen LogP contribution in [0.4, 0.5) is 0 Å². The van der Waals surface area contributed by atoms with Crippen molar-refractivity contribution in [1.29, 1.82) is 0 Å². The van der Waals surface area contributed by atoms with Crippen LogP contribution in [0.2, 0.25) is 0 Å². The Kier molecular flexibility index (Phi) is 4.22. The Hall–Kier alpha value is -2.69. The molecule has 1 atom stereocenters. The fourth-order valence-corrected chi connectivity index (χ4v) is 3.74. The number of carbonyl (C=O) groups is 1. The van der Waals surface area contributed by atoms with Gasteiger partial charge >= 0.3 is 0 Å². The molecule has 1 amide bonds. The molecule has 0 bridgehead atoms. The molecule has 1 fully saturated rings. The number of carbonyl (C=O) groups excluding carboxylic acids is 1. The van der Waals surface area contributed by atoms with Crippen LogP contribution in [0, 0.1) is 0 Å². The van der Waals surface area contributed by atoms with Gasteiger partial charge in [-0.25, -0.2) is 4.98 Å². The van der Waals surface area contributed by atoms with Crippen LogP contribution in [0.1, 0.15) is 37.3 Å². The van der Waals surface area contributed by atoms with Crippen molar-refractivity contribution in [3.8, 4) is 0 Å². The van der Waals surface area contributed by atoms with E-state index in [0.717, 1.165) is 48.4 Å². The first-order chi connectivity index (χ1) is 12.3. The summed E-state index contributed by atoms with van der Waals surface area (Å²) in [6.45, 7) is 3.22. The van der Waals surface area contributed by atoms with Crippen LogP contribution in [0.15, 0.2) is 48.7 Å². The van der Waals surface area contributed by atoms with Crippen molar-refractivity contribution in [2.24, 2.45) is 0 Å². The van der Waals surface area contributed by atoms with Gasteiger partial charge in [-0.15, -0.1) is 0 Å². The molecular formula is C20H22N4O. The lowest BCUT2D eigenvalue weighted by Gasteiger charge is -2.25. The standard InChI is InChI=1S/C20H22N4O/c1-2-19-22-16-9-3-4-10-18(16)24(19)14-20(25)23-13-7-11-17(23)15-8-5-6-12-21-15/h3-6,8-10,12,17H,2,7,11,13-14H2,1H3. The van der Waals surface area contributed by atoms with Gasteiger partial charge in [-0.3, -0.25) is 9.78 Å². The molecule has 0 radical (unpaired) electrons. The highest BCUT2D eigenvalue weighted by Gasteiger charge is 2.31. The second kappa shape index (κ2) is 6.67. The Morgan fingerprint density at radius 3 is 2.84 bits per heavy atom. The molecule has 0 saturated carbocycles. The second-order valence-corrected chi connectivity index (χ2v) is 6.46. The fraction of sp³-hybridized carbons (Fsp3) is 0.350. The van der Waals surface area contributed by atoms with Crippen LogP contribution in [-0.4, -0.2) is 31.9 Å². The monoisotopic (exact) mass is 334 g/mol. The molecule has 1 unspecified atom stereocenters. The van der Waals surface area contributed by atoms with E-state index in [9.17, 15) is 4.79 Å². The number of hydrogen-bond acceptors (Lipinski definition) is 3. The van der Waals surface area contributed by atoms with Gasteiger partial charge in [-0.2, -0.15) is 0 Å². The zero-order valence-corrected chi connectivity index (χ0v) is 14.4. The minimum atomic E-state index is 0.0913. The van der Waals surface area contributed by atoms with Gasteiger partial charge in [-0.05, 0) is 37.1 Å². The van der Waals surface area contributed by atoms with Gasteiger partial charge in [-0.1, -0.05) is 25.1 Å². The molecule has 3 aromatic rings. The summed E-state index contributed by atoms with van der Waals surface area (Å²) in [5.74, 6) is 1.11. The second-order valence-electron chi connectivity index (χ2n) is 6.46. The van der Waals surface area contributed by atoms with Gasteiger partial charge in [0.25, 0.3) is 0 Å². The first kappa shape index (κ1) is 15.8. The Morgan fingerprint density at radius 1 is 1.20 bits per heavy atom. The lowest BCUT2D eigenvalue weighted by molar-refractivity contribution is -0.132. The van der Waals surface area contributed by atoms with Crippen molar-refractivity contribution >= 4 is 16.9 Å². The molecule has 0 aliphatic carbocycles. The Morgan fingerprint density at radius 2 is 2.04 bits per heavy atom. The number of imidazole rings is 1. The van der Waals surface area contributed by atoms with Crippen molar-refractivity contribution in [2.45, 2.75) is 38.8 Å². The number of rotatable bonds is 4. The summed E-state index contributed by atoms with van der Waals surface area (Å²) in [5, 5.41) is 0. The van der Waals surface area contributed by atoms with Crippen LogP contribution in [0.25, 0.3) is 11.0 Å². The van der Waals surface area contributed by atoms with E-state index < -0.39 is 0 Å². The van der Waals surface area contributed by atoms with E-state index in [2.05, 4.69) is 21.5 Å². The minimum absolute atomic E-state index is 0.0913. The average Bonchev–Trinajstić information content (AvgIpc) is 3.27. The fourth-order valence-electron chi connectivity index (χ4n) is 3.74. The van der Waals surface area contributed by atoms with Gasteiger partial charge in [0.2, 0.25) is 5.91 Å². The number of aromatic nitrogens is 3. The zero-order valence-electron chi connectivity index (χ0n) is 14.4. The van der Waals surface area contributed by atoms with Crippen LogP contribution in [-0.2, 0) is 17.8 Å². The summed E-state index contributed by atoms with van der Waals surface area (Å²) < 4.78 is 2.06. The number of benzene rings is 1. The Bertz CT molecular complexity index is 887. The third kappa shape index (κ3) is 2.90. The maximum atomic E-state index is 13.1. The van der Waals surface area contributed by atoms with E-state index in [-0.39, 0.29) is 11.9 Å². The highest BCUT2D eigenvalue weighted by Crippen LogP contribution is 2.31. The van der Waals surface area contributed by atoms with Crippen molar-refractivity contribution in [3.63, 3.8) is 0 Å². The van der Waals surface area contributed by atoms with E-state index >= 15 is 0 Å². The van der Waals surface area contributed by atoms with Gasteiger partial charge in [0, 0.05) is 19.2 Å². The van der Waals surface area contributed by atoms with E-state index in [1.807, 2.05) is 47.4 Å². The highest BCUT2D eigenvalue weighted by molar-refractivity contribution is 5.81. The summed E-state index contributed by atoms with van der Waals surface area (Å²) in [5.41, 5.74) is 2.97. The Labute approximate surface area is 147 Å². The molecule has 0 N–H and O–H groups in total. The highest BCUT2D eigenvalue weighted by atomic mass is 16.2. The van der Waals surface area contributed by atoms with Crippen molar-refractivity contribution < 1.29 is 4.79 Å². The lowest BCUT2D eigenvalue weighted by Crippen LogP contribution is -2.34. The zero-order chi connectivity index (χ0) is 17.2. The summed E-state index contributed by atoms with van der Waals surface area (Å²) in [6, 6.07) is 14.0. The molecule has 1 aromatic carbocycles. The van der Waals surface area contributed by atoms with Crippen molar-refractivity contribution in [1.82, 2.24) is 19.4 Å². The van der Waals surface area contributed by atoms with Gasteiger partial charge in [0.15, 0.2) is 0 Å². The first-order valence-corrected chi connectivity index (χ1v) is 8.92. The maximum Gasteiger partial charge on any atom is 0.243 e. The summed E-state index contributed by atoms with van der Waals surface area (Å²) >= 11 is 0. The van der Waals surface area contributed by atoms with E-state index in [1.54, 1.807) is 6.20 Å². The third-order valence-corrected chi connectivity index (χ3v) is 4.95. The molecule has 4 rings (SSSR count). The molecule has 2 aromatic heterocycles. The number of pyridine rings is 1. The van der Waals surface area contributed by atoms with E-state index in [4.69, 9.17) is 0 Å². The lowest BCUT2D eigenvalue weighted by atomic mass is 10.1. The molecule has 25 heavy (non-hydrogen) atoms. The number of para-hydroxylation sites is 2. The quantitative estimate of drug-likeness (QED) is 0.735. The Balaban J connectivity index is 1.62. The normalized spacial score (nSPS) is 17.3. The molecule has 5 nitrogen and oxygen atoms in total. The van der Waals surface area contributed by atoms with Gasteiger partial charge < -0.3 is 9.47 Å². The van der Waals surface area contributed by atoms with Crippen molar-refractivity contribution in [3.05, 3.63) is 60.2 Å². The molecular weight excluding hydrogens is 312 g/mol. The van der Waals surface area contributed by atoms with Crippen LogP contribution in [0.5, 0.6) is 0 Å². The van der Waals surface area contributed by atoms with Gasteiger partial charge in [0.1, 0.15) is 12.4 Å².